The molecule has 0 spiro atoms. The average Bonchev–Trinajstić information content (AvgIpc) is 2.79. The van der Waals surface area contributed by atoms with Crippen LogP contribution >= 0.6 is 0 Å². The molecule has 0 atom stereocenters. The Morgan fingerprint density at radius 3 is 2.42 bits per heavy atom. The summed E-state index contributed by atoms with van der Waals surface area (Å²) in [5, 5.41) is 4.56. The normalized spacial score (nSPS) is 14.1. The summed E-state index contributed by atoms with van der Waals surface area (Å²) in [6.07, 6.45) is 1.33. The minimum Gasteiger partial charge on any atom is -0.484 e. The van der Waals surface area contributed by atoms with Gasteiger partial charge in [-0.3, -0.25) is 14.4 Å². The summed E-state index contributed by atoms with van der Waals surface area (Å²) in [6.45, 7) is 1.26. The van der Waals surface area contributed by atoms with E-state index in [0.717, 1.165) is 18.2 Å². The maximum absolute atomic E-state index is 13.6. The second-order valence-corrected chi connectivity index (χ2v) is 7.21. The van der Waals surface area contributed by atoms with Crippen molar-refractivity contribution < 1.29 is 27.9 Å². The maximum atomic E-state index is 13.6. The zero-order valence-corrected chi connectivity index (χ0v) is 16.8. The Kier molecular flexibility index (Phi) is 7.53. The van der Waals surface area contributed by atoms with Crippen LogP contribution in [0.1, 0.15) is 12.8 Å². The van der Waals surface area contributed by atoms with Crippen LogP contribution in [0.4, 0.5) is 14.5 Å². The monoisotopic (exact) mass is 431 g/mol. The van der Waals surface area contributed by atoms with Gasteiger partial charge < -0.3 is 20.3 Å². The number of amides is 3. The molecule has 7 nitrogen and oxygen atoms in total. The number of benzene rings is 2. The van der Waals surface area contributed by atoms with Crippen LogP contribution in [0.2, 0.25) is 0 Å². The van der Waals surface area contributed by atoms with E-state index in [-0.39, 0.29) is 25.0 Å². The molecule has 2 N–H and O–H groups in total. The molecule has 9 heteroatoms. The topological polar surface area (TPSA) is 87.7 Å². The molecule has 1 heterocycles. The van der Waals surface area contributed by atoms with Crippen molar-refractivity contribution in [2.75, 3.05) is 31.6 Å². The van der Waals surface area contributed by atoms with Gasteiger partial charge in [-0.15, -0.1) is 0 Å². The van der Waals surface area contributed by atoms with E-state index < -0.39 is 29.1 Å². The number of ether oxygens (including phenoxy) is 1. The molecule has 0 aliphatic carbocycles. The Morgan fingerprint density at radius 1 is 1.00 bits per heavy atom. The van der Waals surface area contributed by atoms with Crippen LogP contribution < -0.4 is 15.4 Å². The number of carbonyl (C=O) groups is 3. The summed E-state index contributed by atoms with van der Waals surface area (Å²) in [5.74, 6) is -2.95. The Balaban J connectivity index is 1.37. The number of nitrogens with zero attached hydrogens (tertiary/aromatic N) is 1. The van der Waals surface area contributed by atoms with Crippen molar-refractivity contribution in [3.05, 3.63) is 60.2 Å². The third kappa shape index (κ3) is 6.50. The van der Waals surface area contributed by atoms with E-state index in [1.165, 1.54) is 0 Å². The second-order valence-electron chi connectivity index (χ2n) is 7.21. The van der Waals surface area contributed by atoms with Gasteiger partial charge in [-0.25, -0.2) is 8.78 Å². The SMILES string of the molecule is O=C(NCC1CCN(C(=O)COc2ccccc2)CC1)C(=O)Nc1cc(F)ccc1F. The number of hydrogen-bond acceptors (Lipinski definition) is 4. The third-order valence-electron chi connectivity index (χ3n) is 5.01. The second kappa shape index (κ2) is 10.5. The van der Waals surface area contributed by atoms with Gasteiger partial charge in [0.15, 0.2) is 6.61 Å². The number of likely N-dealkylation sites (tertiary alicyclic amines) is 1. The molecule has 0 bridgehead atoms. The third-order valence-corrected chi connectivity index (χ3v) is 5.01. The molecule has 0 radical (unpaired) electrons. The molecular weight excluding hydrogens is 408 g/mol. The highest BCUT2D eigenvalue weighted by Crippen LogP contribution is 2.18. The molecular formula is C22H23F2N3O4. The molecule has 31 heavy (non-hydrogen) atoms. The fraction of sp³-hybridized carbons (Fsp3) is 0.318. The van der Waals surface area contributed by atoms with E-state index >= 15 is 0 Å². The Hall–Kier alpha value is -3.49. The van der Waals surface area contributed by atoms with Crippen LogP contribution in [0.15, 0.2) is 48.5 Å². The summed E-state index contributed by atoms with van der Waals surface area (Å²) >= 11 is 0. The fourth-order valence-corrected chi connectivity index (χ4v) is 3.23. The summed E-state index contributed by atoms with van der Waals surface area (Å²) in [4.78, 5) is 37.8. The van der Waals surface area contributed by atoms with Gasteiger partial charge in [0.1, 0.15) is 17.4 Å². The number of para-hydroxylation sites is 1. The summed E-state index contributed by atoms with van der Waals surface area (Å²) in [7, 11) is 0. The van der Waals surface area contributed by atoms with Crippen molar-refractivity contribution in [2.45, 2.75) is 12.8 Å². The molecule has 1 fully saturated rings. The van der Waals surface area contributed by atoms with Crippen LogP contribution in [-0.2, 0) is 14.4 Å². The molecule has 164 valence electrons. The minimum atomic E-state index is -1.07. The van der Waals surface area contributed by atoms with Gasteiger partial charge in [-0.05, 0) is 43.0 Å². The first kappa shape index (κ1) is 22.2. The standard InChI is InChI=1S/C22H23F2N3O4/c23-16-6-7-18(24)19(12-16)26-22(30)21(29)25-13-15-8-10-27(11-9-15)20(28)14-31-17-4-2-1-3-5-17/h1-7,12,15H,8-11,13-14H2,(H,25,29)(H,26,30). The minimum absolute atomic E-state index is 0.0395. The van der Waals surface area contributed by atoms with Gasteiger partial charge in [0.2, 0.25) is 0 Å². The predicted molar refractivity (Wildman–Crippen MR) is 109 cm³/mol. The highest BCUT2D eigenvalue weighted by molar-refractivity contribution is 6.39. The lowest BCUT2D eigenvalue weighted by Crippen LogP contribution is -2.44. The summed E-state index contributed by atoms with van der Waals surface area (Å²) in [5.41, 5.74) is -0.398. The first-order valence-electron chi connectivity index (χ1n) is 9.92. The van der Waals surface area contributed by atoms with Gasteiger partial charge in [0, 0.05) is 25.7 Å². The van der Waals surface area contributed by atoms with Crippen LogP contribution in [0, 0.1) is 17.6 Å². The van der Waals surface area contributed by atoms with Crippen molar-refractivity contribution >= 4 is 23.4 Å². The number of piperidine rings is 1. The van der Waals surface area contributed by atoms with Gasteiger partial charge in [-0.2, -0.15) is 0 Å². The Labute approximate surface area is 178 Å². The van der Waals surface area contributed by atoms with Gasteiger partial charge in [0.25, 0.3) is 5.91 Å². The number of rotatable bonds is 6. The van der Waals surface area contributed by atoms with E-state index in [9.17, 15) is 23.2 Å². The van der Waals surface area contributed by atoms with Crippen molar-refractivity contribution in [1.29, 1.82) is 0 Å². The van der Waals surface area contributed by atoms with Crippen molar-refractivity contribution in [3.8, 4) is 5.75 Å². The van der Waals surface area contributed by atoms with Crippen LogP contribution in [-0.4, -0.2) is 48.9 Å². The Morgan fingerprint density at radius 2 is 1.71 bits per heavy atom. The molecule has 0 saturated carbocycles. The number of carbonyl (C=O) groups excluding carboxylic acids is 3. The van der Waals surface area contributed by atoms with Gasteiger partial charge in [0.05, 0.1) is 5.69 Å². The zero-order valence-electron chi connectivity index (χ0n) is 16.8. The van der Waals surface area contributed by atoms with Crippen LogP contribution in [0.3, 0.4) is 0 Å². The van der Waals surface area contributed by atoms with E-state index in [4.69, 9.17) is 4.74 Å². The number of anilines is 1. The Bertz CT molecular complexity index is 932. The smallest absolute Gasteiger partial charge is 0.313 e. The van der Waals surface area contributed by atoms with Crippen LogP contribution in [0.5, 0.6) is 5.75 Å². The highest BCUT2D eigenvalue weighted by atomic mass is 19.1. The lowest BCUT2D eigenvalue weighted by Gasteiger charge is -2.32. The van der Waals surface area contributed by atoms with E-state index in [0.29, 0.717) is 31.7 Å². The molecule has 0 unspecified atom stereocenters. The lowest BCUT2D eigenvalue weighted by atomic mass is 9.96. The molecule has 1 saturated heterocycles. The van der Waals surface area contributed by atoms with Gasteiger partial charge in [-0.1, -0.05) is 18.2 Å². The number of halogens is 2. The fourth-order valence-electron chi connectivity index (χ4n) is 3.23. The molecule has 2 aromatic rings. The molecule has 3 amide bonds. The van der Waals surface area contributed by atoms with E-state index in [1.807, 2.05) is 18.2 Å². The predicted octanol–water partition coefficient (Wildman–Crippen LogP) is 2.34. The first-order chi connectivity index (χ1) is 14.9. The van der Waals surface area contributed by atoms with E-state index in [2.05, 4.69) is 10.6 Å². The van der Waals surface area contributed by atoms with E-state index in [1.54, 1.807) is 17.0 Å². The molecule has 1 aliphatic heterocycles. The van der Waals surface area contributed by atoms with Crippen molar-refractivity contribution in [2.24, 2.45) is 5.92 Å². The molecule has 1 aliphatic rings. The van der Waals surface area contributed by atoms with Crippen molar-refractivity contribution in [1.82, 2.24) is 10.2 Å². The van der Waals surface area contributed by atoms with Crippen LogP contribution in [0.25, 0.3) is 0 Å². The number of nitrogens with one attached hydrogen (secondary N) is 2. The molecule has 3 rings (SSSR count). The average molecular weight is 431 g/mol. The molecule has 2 aromatic carbocycles. The van der Waals surface area contributed by atoms with Crippen molar-refractivity contribution in [3.63, 3.8) is 0 Å². The number of hydrogen-bond donors (Lipinski definition) is 2. The first-order valence-corrected chi connectivity index (χ1v) is 9.92. The lowest BCUT2D eigenvalue weighted by molar-refractivity contribution is -0.136. The zero-order chi connectivity index (χ0) is 22.2. The highest BCUT2D eigenvalue weighted by Gasteiger charge is 2.24. The summed E-state index contributed by atoms with van der Waals surface area (Å²) in [6, 6.07) is 11.7. The maximum Gasteiger partial charge on any atom is 0.313 e. The summed E-state index contributed by atoms with van der Waals surface area (Å²) < 4.78 is 32.2. The molecule has 0 aromatic heterocycles. The quantitative estimate of drug-likeness (QED) is 0.688. The van der Waals surface area contributed by atoms with Gasteiger partial charge >= 0.3 is 11.8 Å². The largest absolute Gasteiger partial charge is 0.484 e.